The summed E-state index contributed by atoms with van der Waals surface area (Å²) in [6.45, 7) is 3.26. The molecule has 1 amide bonds. The molecule has 4 aromatic rings. The first-order valence-electron chi connectivity index (χ1n) is 10.7. The second-order valence-corrected chi connectivity index (χ2v) is 7.63. The first kappa shape index (κ1) is 21.2. The predicted molar refractivity (Wildman–Crippen MR) is 130 cm³/mol. The molecular weight excluding hydrogens is 396 g/mol. The van der Waals surface area contributed by atoms with E-state index in [1.807, 2.05) is 54.6 Å². The molecule has 0 saturated carbocycles. The van der Waals surface area contributed by atoms with Crippen LogP contribution in [0.1, 0.15) is 16.7 Å². The Morgan fingerprint density at radius 3 is 2.50 bits per heavy atom. The zero-order valence-electron chi connectivity index (χ0n) is 18.1. The van der Waals surface area contributed by atoms with Crippen LogP contribution in [-0.4, -0.2) is 22.9 Å². The van der Waals surface area contributed by atoms with Gasteiger partial charge in [-0.1, -0.05) is 60.7 Å². The van der Waals surface area contributed by atoms with Crippen LogP contribution in [0, 0.1) is 6.92 Å². The number of nitrogens with zero attached hydrogens (tertiary/aromatic N) is 3. The Hall–Kier alpha value is -3.99. The molecule has 0 fully saturated rings. The number of benzene rings is 2. The lowest BCUT2D eigenvalue weighted by Gasteiger charge is -2.21. The van der Waals surface area contributed by atoms with Crippen LogP contribution in [0.2, 0.25) is 0 Å². The quantitative estimate of drug-likeness (QED) is 0.373. The third-order valence-corrected chi connectivity index (χ3v) is 5.40. The van der Waals surface area contributed by atoms with Crippen LogP contribution in [0.4, 0.5) is 11.5 Å². The zero-order chi connectivity index (χ0) is 22.2. The lowest BCUT2D eigenvalue weighted by atomic mass is 10.1. The van der Waals surface area contributed by atoms with Crippen molar-refractivity contribution in [2.75, 3.05) is 16.8 Å². The molecule has 160 valence electrons. The summed E-state index contributed by atoms with van der Waals surface area (Å²) in [7, 11) is 0. The molecule has 0 aliphatic carbocycles. The Balaban J connectivity index is 1.62. The molecule has 5 heteroatoms. The smallest absolute Gasteiger partial charge is 0.214 e. The molecule has 0 aliphatic heterocycles. The van der Waals surface area contributed by atoms with Gasteiger partial charge in [0.2, 0.25) is 6.41 Å². The lowest BCUT2D eigenvalue weighted by Crippen LogP contribution is -2.23. The van der Waals surface area contributed by atoms with Crippen LogP contribution < -0.4 is 10.2 Å². The number of amides is 1. The second kappa shape index (κ2) is 10.4. The maximum atomic E-state index is 12.0. The van der Waals surface area contributed by atoms with Crippen LogP contribution >= 0.6 is 0 Å². The summed E-state index contributed by atoms with van der Waals surface area (Å²) in [4.78, 5) is 22.7. The van der Waals surface area contributed by atoms with Crippen LogP contribution in [0.15, 0.2) is 91.3 Å². The number of carbonyl (C=O) groups excluding carboxylic acids is 1. The van der Waals surface area contributed by atoms with Crippen molar-refractivity contribution in [2.24, 2.45) is 0 Å². The first-order valence-corrected chi connectivity index (χ1v) is 10.7. The van der Waals surface area contributed by atoms with Crippen molar-refractivity contribution in [1.29, 1.82) is 0 Å². The van der Waals surface area contributed by atoms with E-state index in [4.69, 9.17) is 4.98 Å². The molecule has 0 bridgehead atoms. The Morgan fingerprint density at radius 2 is 1.75 bits per heavy atom. The fraction of sp³-hybridized carbons (Fsp3) is 0.148. The van der Waals surface area contributed by atoms with Crippen molar-refractivity contribution in [2.45, 2.75) is 19.9 Å². The fourth-order valence-electron chi connectivity index (χ4n) is 3.66. The zero-order valence-corrected chi connectivity index (χ0v) is 18.1. The Morgan fingerprint density at radius 1 is 0.938 bits per heavy atom. The van der Waals surface area contributed by atoms with E-state index in [0.29, 0.717) is 18.9 Å². The molecule has 0 atom stereocenters. The van der Waals surface area contributed by atoms with Crippen LogP contribution in [0.25, 0.3) is 11.3 Å². The Bertz CT molecular complexity index is 1160. The topological polar surface area (TPSA) is 58.1 Å². The molecule has 32 heavy (non-hydrogen) atoms. The molecule has 0 unspecified atom stereocenters. The van der Waals surface area contributed by atoms with Crippen LogP contribution in [0.3, 0.4) is 0 Å². The van der Waals surface area contributed by atoms with E-state index < -0.39 is 0 Å². The summed E-state index contributed by atoms with van der Waals surface area (Å²) < 4.78 is 0. The van der Waals surface area contributed by atoms with Gasteiger partial charge >= 0.3 is 0 Å². The van der Waals surface area contributed by atoms with E-state index >= 15 is 0 Å². The first-order chi connectivity index (χ1) is 15.7. The van der Waals surface area contributed by atoms with Crippen molar-refractivity contribution in [3.8, 4) is 11.3 Å². The SMILES string of the molecule is Cc1ccccc1CCNc1nc(-c2ccccc2)ccc1N(C=O)Cc1cccnc1. The van der Waals surface area contributed by atoms with Gasteiger partial charge < -0.3 is 10.2 Å². The number of hydrogen-bond acceptors (Lipinski definition) is 4. The normalized spacial score (nSPS) is 10.5. The Labute approximate surface area is 188 Å². The van der Waals surface area contributed by atoms with Crippen molar-refractivity contribution < 1.29 is 4.79 Å². The van der Waals surface area contributed by atoms with Crippen molar-refractivity contribution in [3.05, 3.63) is 108 Å². The highest BCUT2D eigenvalue weighted by atomic mass is 16.1. The van der Waals surface area contributed by atoms with E-state index in [1.165, 1.54) is 11.1 Å². The number of carbonyl (C=O) groups is 1. The lowest BCUT2D eigenvalue weighted by molar-refractivity contribution is -0.107. The van der Waals surface area contributed by atoms with Gasteiger partial charge in [-0.25, -0.2) is 4.98 Å². The number of pyridine rings is 2. The highest BCUT2D eigenvalue weighted by molar-refractivity contribution is 5.83. The molecule has 0 aliphatic rings. The van der Waals surface area contributed by atoms with Crippen LogP contribution in [0.5, 0.6) is 0 Å². The highest BCUT2D eigenvalue weighted by Crippen LogP contribution is 2.29. The molecule has 0 radical (unpaired) electrons. The molecule has 4 rings (SSSR count). The number of aryl methyl sites for hydroxylation is 1. The molecule has 2 aromatic heterocycles. The standard InChI is InChI=1S/C27H26N4O/c1-21-8-5-6-10-23(21)15-17-29-27-26(31(20-32)19-22-9-7-16-28-18-22)14-13-25(30-27)24-11-3-2-4-12-24/h2-14,16,18,20H,15,17,19H2,1H3,(H,29,30). The minimum absolute atomic E-state index is 0.427. The monoisotopic (exact) mass is 422 g/mol. The van der Waals surface area contributed by atoms with Crippen molar-refractivity contribution in [1.82, 2.24) is 9.97 Å². The third-order valence-electron chi connectivity index (χ3n) is 5.40. The van der Waals surface area contributed by atoms with Gasteiger partial charge in [-0.15, -0.1) is 0 Å². The number of nitrogens with one attached hydrogen (secondary N) is 1. The number of rotatable bonds is 9. The molecular formula is C27H26N4O. The van der Waals surface area contributed by atoms with Gasteiger partial charge in [-0.3, -0.25) is 9.78 Å². The van der Waals surface area contributed by atoms with Crippen LogP contribution in [-0.2, 0) is 17.8 Å². The number of anilines is 2. The summed E-state index contributed by atoms with van der Waals surface area (Å²) in [5, 5.41) is 3.47. The third kappa shape index (κ3) is 5.19. The molecule has 1 N–H and O–H groups in total. The Kier molecular flexibility index (Phi) is 6.88. The van der Waals surface area contributed by atoms with Crippen molar-refractivity contribution in [3.63, 3.8) is 0 Å². The van der Waals surface area contributed by atoms with Gasteiger partial charge in [0, 0.05) is 24.5 Å². The molecule has 2 heterocycles. The van der Waals surface area contributed by atoms with Gasteiger partial charge in [0.05, 0.1) is 17.9 Å². The van der Waals surface area contributed by atoms with Crippen molar-refractivity contribution >= 4 is 17.9 Å². The summed E-state index contributed by atoms with van der Waals surface area (Å²) in [5.74, 6) is 0.691. The highest BCUT2D eigenvalue weighted by Gasteiger charge is 2.14. The molecule has 5 nitrogen and oxygen atoms in total. The largest absolute Gasteiger partial charge is 0.368 e. The van der Waals surface area contributed by atoms with E-state index in [2.05, 4.69) is 41.5 Å². The molecule has 0 saturated heterocycles. The van der Waals surface area contributed by atoms with Gasteiger partial charge in [0.1, 0.15) is 0 Å². The van der Waals surface area contributed by atoms with Gasteiger partial charge in [-0.2, -0.15) is 0 Å². The van der Waals surface area contributed by atoms with E-state index in [-0.39, 0.29) is 0 Å². The number of hydrogen-bond donors (Lipinski definition) is 1. The average Bonchev–Trinajstić information content (AvgIpc) is 2.85. The maximum Gasteiger partial charge on any atom is 0.214 e. The minimum Gasteiger partial charge on any atom is -0.368 e. The summed E-state index contributed by atoms with van der Waals surface area (Å²) in [6, 6.07) is 26.2. The van der Waals surface area contributed by atoms with Gasteiger partial charge in [0.25, 0.3) is 0 Å². The molecule has 2 aromatic carbocycles. The summed E-state index contributed by atoms with van der Waals surface area (Å²) in [6.07, 6.45) is 5.21. The second-order valence-electron chi connectivity index (χ2n) is 7.63. The van der Waals surface area contributed by atoms with Gasteiger partial charge in [-0.05, 0) is 48.2 Å². The summed E-state index contributed by atoms with van der Waals surface area (Å²) in [5.41, 5.74) is 6.16. The summed E-state index contributed by atoms with van der Waals surface area (Å²) >= 11 is 0. The van der Waals surface area contributed by atoms with Gasteiger partial charge in [0.15, 0.2) is 5.82 Å². The fourth-order valence-corrected chi connectivity index (χ4v) is 3.66. The van der Waals surface area contributed by atoms with E-state index in [0.717, 1.165) is 35.3 Å². The van der Waals surface area contributed by atoms with E-state index in [1.54, 1.807) is 17.3 Å². The molecule has 0 spiro atoms. The minimum atomic E-state index is 0.427. The number of aromatic nitrogens is 2. The van der Waals surface area contributed by atoms with E-state index in [9.17, 15) is 4.79 Å². The maximum absolute atomic E-state index is 12.0. The average molecular weight is 423 g/mol. The predicted octanol–water partition coefficient (Wildman–Crippen LogP) is 5.27.